The van der Waals surface area contributed by atoms with Crippen LogP contribution in [0.5, 0.6) is 11.5 Å². The number of aromatic nitrogens is 4. The van der Waals surface area contributed by atoms with E-state index in [1.807, 2.05) is 58.0 Å². The fraction of sp³-hybridized carbons (Fsp3) is 0.517. The van der Waals surface area contributed by atoms with E-state index in [0.29, 0.717) is 18.3 Å². The van der Waals surface area contributed by atoms with Crippen LogP contribution in [0.3, 0.4) is 0 Å². The molecule has 7 heteroatoms. The number of benzene rings is 1. The van der Waals surface area contributed by atoms with Gasteiger partial charge in [0.1, 0.15) is 18.1 Å². The summed E-state index contributed by atoms with van der Waals surface area (Å²) in [5.41, 5.74) is 2.00. The van der Waals surface area contributed by atoms with Crippen LogP contribution in [0.15, 0.2) is 65.3 Å². The standard InChI is InChI=1S/C25H33N5O2.2C2H6/c1-4-8-20(26-24-11-7-6-10-19(24)3)18-31-21-12-14-23(15-13-21)32-22(9-5-2)16-17-25-27-29-30-28-25;2*1-2/h6-8,10-15,19,22H,4-5,9,16-18H2,1-3H3,(H,27,28,29,30);2*1-2H3/b20-8-,26-24?;;. The number of nitrogens with one attached hydrogen (secondary N) is 1. The zero-order valence-corrected chi connectivity index (χ0v) is 23.2. The molecule has 1 aliphatic rings. The topological polar surface area (TPSA) is 85.3 Å². The number of aryl methyl sites for hydroxylation is 1. The molecule has 2 atom stereocenters. The summed E-state index contributed by atoms with van der Waals surface area (Å²) < 4.78 is 12.2. The lowest BCUT2D eigenvalue weighted by Crippen LogP contribution is -2.17. The fourth-order valence-corrected chi connectivity index (χ4v) is 3.44. The van der Waals surface area contributed by atoms with Crippen LogP contribution in [0, 0.1) is 5.92 Å². The quantitative estimate of drug-likeness (QED) is 0.334. The third-order valence-corrected chi connectivity index (χ3v) is 5.16. The molecule has 0 amide bonds. The molecule has 36 heavy (non-hydrogen) atoms. The van der Waals surface area contributed by atoms with Crippen molar-refractivity contribution in [2.24, 2.45) is 10.9 Å². The third-order valence-electron chi connectivity index (χ3n) is 5.16. The summed E-state index contributed by atoms with van der Waals surface area (Å²) in [4.78, 5) is 4.81. The largest absolute Gasteiger partial charge is 0.490 e. The lowest BCUT2D eigenvalue weighted by molar-refractivity contribution is 0.179. The van der Waals surface area contributed by atoms with Crippen LogP contribution in [0.25, 0.3) is 0 Å². The number of aromatic amines is 1. The van der Waals surface area contributed by atoms with E-state index in [-0.39, 0.29) is 6.10 Å². The highest BCUT2D eigenvalue weighted by molar-refractivity contribution is 5.99. The van der Waals surface area contributed by atoms with Gasteiger partial charge in [0.2, 0.25) is 0 Å². The Labute approximate surface area is 217 Å². The van der Waals surface area contributed by atoms with Gasteiger partial charge in [-0.15, -0.1) is 10.2 Å². The van der Waals surface area contributed by atoms with Crippen LogP contribution in [0.1, 0.15) is 80.0 Å². The summed E-state index contributed by atoms with van der Waals surface area (Å²) in [7, 11) is 0. The molecule has 1 heterocycles. The van der Waals surface area contributed by atoms with Crippen LogP contribution < -0.4 is 9.47 Å². The molecule has 0 saturated carbocycles. The number of tetrazole rings is 1. The molecule has 0 spiro atoms. The zero-order valence-electron chi connectivity index (χ0n) is 23.2. The van der Waals surface area contributed by atoms with E-state index in [4.69, 9.17) is 14.5 Å². The van der Waals surface area contributed by atoms with Gasteiger partial charge in [0, 0.05) is 18.1 Å². The Hall–Kier alpha value is -3.22. The van der Waals surface area contributed by atoms with Gasteiger partial charge in [-0.3, -0.25) is 4.99 Å². The van der Waals surface area contributed by atoms with E-state index >= 15 is 0 Å². The van der Waals surface area contributed by atoms with E-state index in [0.717, 1.165) is 55.0 Å². The van der Waals surface area contributed by atoms with Crippen molar-refractivity contribution in [3.05, 3.63) is 66.2 Å². The molecule has 0 saturated heterocycles. The number of allylic oxidation sites excluding steroid dienone is 5. The molecule has 1 aromatic carbocycles. The van der Waals surface area contributed by atoms with Gasteiger partial charge < -0.3 is 9.47 Å². The van der Waals surface area contributed by atoms with E-state index in [9.17, 15) is 0 Å². The molecule has 2 unspecified atom stereocenters. The third kappa shape index (κ3) is 11.5. The molecule has 1 N–H and O–H groups in total. The van der Waals surface area contributed by atoms with E-state index in [1.54, 1.807) is 0 Å². The van der Waals surface area contributed by atoms with Crippen LogP contribution >= 0.6 is 0 Å². The molecule has 3 rings (SSSR count). The lowest BCUT2D eigenvalue weighted by atomic mass is 10.0. The average molecular weight is 496 g/mol. The highest BCUT2D eigenvalue weighted by Crippen LogP contribution is 2.22. The molecule has 0 radical (unpaired) electrons. The normalized spacial score (nSPS) is 16.5. The summed E-state index contributed by atoms with van der Waals surface area (Å²) in [6.07, 6.45) is 15.0. The number of nitrogens with zero attached hydrogens (tertiary/aromatic N) is 4. The smallest absolute Gasteiger partial charge is 0.174 e. The highest BCUT2D eigenvalue weighted by atomic mass is 16.5. The summed E-state index contributed by atoms with van der Waals surface area (Å²) >= 11 is 0. The predicted molar refractivity (Wildman–Crippen MR) is 150 cm³/mol. The number of rotatable bonds is 12. The Kier molecular flexibility index (Phi) is 16.3. The Bertz CT molecular complexity index is 931. The minimum atomic E-state index is 0.111. The molecular weight excluding hydrogens is 450 g/mol. The van der Waals surface area contributed by atoms with E-state index in [1.165, 1.54) is 0 Å². The number of hydrogen-bond acceptors (Lipinski definition) is 6. The van der Waals surface area contributed by atoms with Crippen LogP contribution in [0.4, 0.5) is 0 Å². The number of hydrogen-bond donors (Lipinski definition) is 1. The minimum absolute atomic E-state index is 0.111. The second kappa shape index (κ2) is 19.0. The molecule has 1 aromatic heterocycles. The maximum absolute atomic E-state index is 6.20. The number of H-pyrrole nitrogens is 1. The van der Waals surface area contributed by atoms with Gasteiger partial charge in [0.05, 0.1) is 11.8 Å². The monoisotopic (exact) mass is 495 g/mol. The highest BCUT2D eigenvalue weighted by Gasteiger charge is 2.12. The first-order valence-corrected chi connectivity index (χ1v) is 13.4. The van der Waals surface area contributed by atoms with Crippen molar-refractivity contribution in [3.63, 3.8) is 0 Å². The molecule has 198 valence electrons. The Morgan fingerprint density at radius 2 is 1.78 bits per heavy atom. The Morgan fingerprint density at radius 1 is 1.06 bits per heavy atom. The van der Waals surface area contributed by atoms with Crippen molar-refractivity contribution in [2.75, 3.05) is 6.61 Å². The minimum Gasteiger partial charge on any atom is -0.490 e. The maximum atomic E-state index is 6.20. The van der Waals surface area contributed by atoms with Crippen molar-refractivity contribution in [2.45, 2.75) is 86.7 Å². The molecular formula is C29H45N5O2. The first kappa shape index (κ1) is 30.8. The van der Waals surface area contributed by atoms with Crippen molar-refractivity contribution in [3.8, 4) is 11.5 Å². The first-order chi connectivity index (χ1) is 17.7. The molecule has 0 bridgehead atoms. The maximum Gasteiger partial charge on any atom is 0.174 e. The van der Waals surface area contributed by atoms with Gasteiger partial charge in [0.15, 0.2) is 5.82 Å². The molecule has 0 aliphatic heterocycles. The van der Waals surface area contributed by atoms with Crippen LogP contribution in [0.2, 0.25) is 0 Å². The van der Waals surface area contributed by atoms with E-state index < -0.39 is 0 Å². The molecule has 0 fully saturated rings. The summed E-state index contributed by atoms with van der Waals surface area (Å²) in [5, 5.41) is 14.1. The summed E-state index contributed by atoms with van der Waals surface area (Å²) in [6, 6.07) is 7.80. The van der Waals surface area contributed by atoms with Crippen molar-refractivity contribution < 1.29 is 9.47 Å². The van der Waals surface area contributed by atoms with Gasteiger partial charge >= 0.3 is 0 Å². The number of ether oxygens (including phenoxy) is 2. The van der Waals surface area contributed by atoms with Gasteiger partial charge in [-0.05, 0) is 49.6 Å². The van der Waals surface area contributed by atoms with E-state index in [2.05, 4.69) is 65.7 Å². The van der Waals surface area contributed by atoms with Crippen LogP contribution in [-0.2, 0) is 6.42 Å². The van der Waals surface area contributed by atoms with Crippen molar-refractivity contribution >= 4 is 5.71 Å². The summed E-state index contributed by atoms with van der Waals surface area (Å²) in [5.74, 6) is 2.66. The predicted octanol–water partition coefficient (Wildman–Crippen LogP) is 7.31. The average Bonchev–Trinajstić information content (AvgIpc) is 3.44. The number of aliphatic imine (C=N–C) groups is 1. The van der Waals surface area contributed by atoms with Gasteiger partial charge in [-0.1, -0.05) is 84.4 Å². The van der Waals surface area contributed by atoms with Gasteiger partial charge in [0.25, 0.3) is 0 Å². The Morgan fingerprint density at radius 3 is 2.39 bits per heavy atom. The van der Waals surface area contributed by atoms with Crippen LogP contribution in [-0.4, -0.2) is 39.0 Å². The van der Waals surface area contributed by atoms with Gasteiger partial charge in [-0.2, -0.15) is 5.21 Å². The van der Waals surface area contributed by atoms with Crippen molar-refractivity contribution in [1.29, 1.82) is 0 Å². The SMILES string of the molecule is CC.CC.CC/C=C(/COc1ccc(OC(CCC)CCc2nn[nH]n2)cc1)N=C1C=CC=CC1C. The van der Waals surface area contributed by atoms with Crippen molar-refractivity contribution in [1.82, 2.24) is 20.6 Å². The molecule has 7 nitrogen and oxygen atoms in total. The summed E-state index contributed by atoms with van der Waals surface area (Å²) in [6.45, 7) is 14.9. The fourth-order valence-electron chi connectivity index (χ4n) is 3.44. The zero-order chi connectivity index (χ0) is 26.6. The second-order valence-corrected chi connectivity index (χ2v) is 7.83. The molecule has 2 aromatic rings. The Balaban J connectivity index is 0.00000154. The van der Waals surface area contributed by atoms with Gasteiger partial charge in [-0.25, -0.2) is 0 Å². The lowest BCUT2D eigenvalue weighted by Gasteiger charge is -2.18. The first-order valence-electron chi connectivity index (χ1n) is 13.4. The molecule has 1 aliphatic carbocycles. The second-order valence-electron chi connectivity index (χ2n) is 7.83.